The van der Waals surface area contributed by atoms with E-state index >= 15 is 0 Å². The van der Waals surface area contributed by atoms with Gasteiger partial charge >= 0.3 is 6.03 Å². The van der Waals surface area contributed by atoms with Crippen LogP contribution < -0.4 is 11.1 Å². The Kier molecular flexibility index (Phi) is 4.48. The Morgan fingerprint density at radius 1 is 1.15 bits per heavy atom. The fourth-order valence-corrected chi connectivity index (χ4v) is 3.57. The Balaban J connectivity index is 1.43. The molecule has 26 heavy (non-hydrogen) atoms. The molecule has 3 N–H and O–H groups in total. The van der Waals surface area contributed by atoms with Crippen molar-refractivity contribution in [2.75, 3.05) is 18.4 Å². The van der Waals surface area contributed by atoms with Gasteiger partial charge in [0.25, 0.3) is 0 Å². The van der Waals surface area contributed by atoms with Crippen molar-refractivity contribution in [3.63, 3.8) is 0 Å². The number of para-hydroxylation sites is 2. The Hall–Kier alpha value is -3.02. The second-order valence-electron chi connectivity index (χ2n) is 6.81. The molecule has 6 heteroatoms. The van der Waals surface area contributed by atoms with Crippen molar-refractivity contribution in [2.45, 2.75) is 25.4 Å². The lowest BCUT2D eigenvalue weighted by Crippen LogP contribution is -2.44. The number of urea groups is 1. The number of rotatable bonds is 4. The van der Waals surface area contributed by atoms with Crippen LogP contribution in [0, 0.1) is 0 Å². The molecule has 6 nitrogen and oxygen atoms in total. The van der Waals surface area contributed by atoms with Gasteiger partial charge in [-0.2, -0.15) is 0 Å². The summed E-state index contributed by atoms with van der Waals surface area (Å²) < 4.78 is 2.17. The molecule has 0 spiro atoms. The Morgan fingerprint density at radius 3 is 2.77 bits per heavy atom. The molecule has 0 atom stereocenters. The Labute approximate surface area is 152 Å². The maximum atomic E-state index is 11.2. The minimum atomic E-state index is -0.321. The van der Waals surface area contributed by atoms with Crippen LogP contribution in [-0.2, 0) is 6.54 Å². The third kappa shape index (κ3) is 3.49. The van der Waals surface area contributed by atoms with Crippen LogP contribution in [0.2, 0.25) is 0 Å². The molecule has 0 unspecified atom stereocenters. The first-order valence-corrected chi connectivity index (χ1v) is 8.99. The summed E-state index contributed by atoms with van der Waals surface area (Å²) in [6.07, 6.45) is 3.73. The second kappa shape index (κ2) is 7.07. The highest BCUT2D eigenvalue weighted by atomic mass is 16.2. The second-order valence-corrected chi connectivity index (χ2v) is 6.81. The quantitative estimate of drug-likeness (QED) is 0.760. The fraction of sp³-hybridized carbons (Fsp3) is 0.300. The largest absolute Gasteiger partial charge is 0.382 e. The molecule has 1 saturated heterocycles. The monoisotopic (exact) mass is 349 g/mol. The van der Waals surface area contributed by atoms with Crippen LogP contribution in [0.3, 0.4) is 0 Å². The van der Waals surface area contributed by atoms with Crippen molar-refractivity contribution < 1.29 is 4.79 Å². The molecule has 2 amide bonds. The third-order valence-electron chi connectivity index (χ3n) is 4.98. The van der Waals surface area contributed by atoms with E-state index < -0.39 is 0 Å². The molecule has 4 rings (SSSR count). The number of aromatic nitrogens is 2. The number of piperidine rings is 1. The summed E-state index contributed by atoms with van der Waals surface area (Å²) in [7, 11) is 0. The topological polar surface area (TPSA) is 76.2 Å². The van der Waals surface area contributed by atoms with Gasteiger partial charge in [0.05, 0.1) is 17.4 Å². The van der Waals surface area contributed by atoms with E-state index in [0.717, 1.165) is 36.1 Å². The van der Waals surface area contributed by atoms with Gasteiger partial charge in [-0.1, -0.05) is 24.3 Å². The molecule has 2 heterocycles. The van der Waals surface area contributed by atoms with Crippen LogP contribution in [-0.4, -0.2) is 39.6 Å². The maximum Gasteiger partial charge on any atom is 0.314 e. The molecule has 0 bridgehead atoms. The summed E-state index contributed by atoms with van der Waals surface area (Å²) in [5.41, 5.74) is 9.85. The third-order valence-corrected chi connectivity index (χ3v) is 4.98. The highest BCUT2D eigenvalue weighted by Crippen LogP contribution is 2.19. The maximum absolute atomic E-state index is 11.2. The van der Waals surface area contributed by atoms with E-state index in [9.17, 15) is 4.79 Å². The van der Waals surface area contributed by atoms with Crippen molar-refractivity contribution in [2.24, 2.45) is 5.73 Å². The number of imidazole rings is 1. The number of carbonyl (C=O) groups excluding carboxylic acids is 1. The number of amides is 2. The summed E-state index contributed by atoms with van der Waals surface area (Å²) in [5, 5.41) is 3.59. The van der Waals surface area contributed by atoms with Crippen molar-refractivity contribution in [3.05, 3.63) is 60.4 Å². The summed E-state index contributed by atoms with van der Waals surface area (Å²) >= 11 is 0. The number of benzene rings is 2. The van der Waals surface area contributed by atoms with Gasteiger partial charge in [-0.3, -0.25) is 0 Å². The first-order valence-electron chi connectivity index (χ1n) is 8.99. The molecule has 1 aromatic heterocycles. The van der Waals surface area contributed by atoms with Crippen LogP contribution in [0.5, 0.6) is 0 Å². The minimum Gasteiger partial charge on any atom is -0.382 e. The van der Waals surface area contributed by atoms with Gasteiger partial charge in [0.15, 0.2) is 0 Å². The molecule has 0 radical (unpaired) electrons. The lowest BCUT2D eigenvalue weighted by atomic mass is 10.0. The van der Waals surface area contributed by atoms with E-state index in [1.54, 1.807) is 4.90 Å². The smallest absolute Gasteiger partial charge is 0.314 e. The molecule has 1 aliphatic heterocycles. The average Bonchev–Trinajstić information content (AvgIpc) is 3.06. The number of nitrogens with two attached hydrogens (primary N) is 1. The molecule has 1 fully saturated rings. The van der Waals surface area contributed by atoms with E-state index in [2.05, 4.69) is 45.2 Å². The molecule has 0 aliphatic carbocycles. The number of nitrogens with zero attached hydrogens (tertiary/aromatic N) is 3. The van der Waals surface area contributed by atoms with Gasteiger partial charge in [0.2, 0.25) is 0 Å². The Bertz CT molecular complexity index is 911. The molecular weight excluding hydrogens is 326 g/mol. The van der Waals surface area contributed by atoms with Crippen molar-refractivity contribution in [1.82, 2.24) is 14.5 Å². The predicted octanol–water partition coefficient (Wildman–Crippen LogP) is 3.04. The van der Waals surface area contributed by atoms with Crippen LogP contribution in [0.25, 0.3) is 11.0 Å². The van der Waals surface area contributed by atoms with E-state index in [-0.39, 0.29) is 6.03 Å². The van der Waals surface area contributed by atoms with Crippen LogP contribution >= 0.6 is 0 Å². The lowest BCUT2D eigenvalue weighted by molar-refractivity contribution is 0.193. The highest BCUT2D eigenvalue weighted by molar-refractivity contribution is 5.75. The predicted molar refractivity (Wildman–Crippen MR) is 103 cm³/mol. The number of likely N-dealkylation sites (tertiary alicyclic amines) is 1. The number of hydrogen-bond acceptors (Lipinski definition) is 3. The summed E-state index contributed by atoms with van der Waals surface area (Å²) in [5.74, 6) is 0. The van der Waals surface area contributed by atoms with E-state index in [1.165, 1.54) is 5.56 Å². The zero-order valence-electron chi connectivity index (χ0n) is 14.6. The van der Waals surface area contributed by atoms with Crippen molar-refractivity contribution in [3.8, 4) is 0 Å². The standard InChI is InChI=1S/C20H23N5O/c21-20(26)24-10-8-16(9-11-24)23-17-5-3-4-15(12-17)13-25-14-22-18-6-1-2-7-19(18)25/h1-7,12,14,16,23H,8-11,13H2,(H2,21,26). The van der Waals surface area contributed by atoms with Gasteiger partial charge in [0, 0.05) is 31.4 Å². The number of primary amides is 1. The molecule has 1 aliphatic rings. The number of anilines is 1. The molecule has 134 valence electrons. The zero-order valence-corrected chi connectivity index (χ0v) is 14.6. The van der Waals surface area contributed by atoms with Gasteiger partial charge in [0.1, 0.15) is 0 Å². The normalized spacial score (nSPS) is 15.3. The average molecular weight is 349 g/mol. The number of nitrogens with one attached hydrogen (secondary N) is 1. The van der Waals surface area contributed by atoms with E-state index in [1.807, 2.05) is 24.5 Å². The Morgan fingerprint density at radius 2 is 1.96 bits per heavy atom. The number of carbonyl (C=O) groups is 1. The van der Waals surface area contributed by atoms with Crippen LogP contribution in [0.15, 0.2) is 54.9 Å². The molecule has 2 aromatic carbocycles. The van der Waals surface area contributed by atoms with Gasteiger partial charge in [-0.15, -0.1) is 0 Å². The van der Waals surface area contributed by atoms with E-state index in [0.29, 0.717) is 19.1 Å². The molecule has 3 aromatic rings. The highest BCUT2D eigenvalue weighted by Gasteiger charge is 2.20. The van der Waals surface area contributed by atoms with Crippen molar-refractivity contribution >= 4 is 22.8 Å². The summed E-state index contributed by atoms with van der Waals surface area (Å²) in [4.78, 5) is 17.4. The van der Waals surface area contributed by atoms with Crippen LogP contribution in [0.1, 0.15) is 18.4 Å². The first kappa shape index (κ1) is 16.4. The zero-order chi connectivity index (χ0) is 17.9. The number of hydrogen-bond donors (Lipinski definition) is 2. The van der Waals surface area contributed by atoms with Gasteiger partial charge in [-0.25, -0.2) is 9.78 Å². The molecular formula is C20H23N5O. The minimum absolute atomic E-state index is 0.321. The van der Waals surface area contributed by atoms with Gasteiger partial charge < -0.3 is 20.5 Å². The number of fused-ring (bicyclic) bond motifs is 1. The summed E-state index contributed by atoms with van der Waals surface area (Å²) in [6, 6.07) is 16.7. The fourth-order valence-electron chi connectivity index (χ4n) is 3.57. The van der Waals surface area contributed by atoms with Crippen LogP contribution in [0.4, 0.5) is 10.5 Å². The van der Waals surface area contributed by atoms with E-state index in [4.69, 9.17) is 5.73 Å². The molecule has 0 saturated carbocycles. The SMILES string of the molecule is NC(=O)N1CCC(Nc2cccc(Cn3cnc4ccccc43)c2)CC1. The van der Waals surface area contributed by atoms with Crippen molar-refractivity contribution in [1.29, 1.82) is 0 Å². The first-order chi connectivity index (χ1) is 12.7. The lowest BCUT2D eigenvalue weighted by Gasteiger charge is -2.31. The van der Waals surface area contributed by atoms with Gasteiger partial charge in [-0.05, 0) is 42.7 Å². The summed E-state index contributed by atoms with van der Waals surface area (Å²) in [6.45, 7) is 2.22.